The van der Waals surface area contributed by atoms with Crippen molar-refractivity contribution < 1.29 is 0 Å². The molecule has 1 nitrogen and oxygen atoms in total. The van der Waals surface area contributed by atoms with Crippen LogP contribution in [0.15, 0.2) is 66.7 Å². The van der Waals surface area contributed by atoms with E-state index >= 15 is 0 Å². The molecule has 0 unspecified atom stereocenters. The quantitative estimate of drug-likeness (QED) is 0.398. The molecule has 3 heteroatoms. The van der Waals surface area contributed by atoms with Crippen molar-refractivity contribution in [1.82, 2.24) is 0 Å². The summed E-state index contributed by atoms with van der Waals surface area (Å²) in [5.74, 6) is 0. The van der Waals surface area contributed by atoms with Gasteiger partial charge in [-0.3, -0.25) is 0 Å². The largest absolute Gasteiger partial charge is 0.399 e. The summed E-state index contributed by atoms with van der Waals surface area (Å²) < 4.78 is 5.13. The van der Waals surface area contributed by atoms with E-state index in [2.05, 4.69) is 60.7 Å². The van der Waals surface area contributed by atoms with Crippen molar-refractivity contribution in [3.63, 3.8) is 0 Å². The summed E-state index contributed by atoms with van der Waals surface area (Å²) in [6.07, 6.45) is 0. The van der Waals surface area contributed by atoms with Crippen LogP contribution in [0, 0.1) is 0 Å². The highest BCUT2D eigenvalue weighted by Crippen LogP contribution is 2.34. The minimum Gasteiger partial charge on any atom is -0.399 e. The maximum absolute atomic E-state index is 6.01. The van der Waals surface area contributed by atoms with Crippen molar-refractivity contribution in [3.05, 3.63) is 66.7 Å². The normalized spacial score (nSPS) is 11.0. The summed E-state index contributed by atoms with van der Waals surface area (Å²) in [6, 6.07) is 23.3. The van der Waals surface area contributed by atoms with E-state index in [4.69, 9.17) is 5.73 Å². The molecule has 0 aliphatic rings. The molecule has 1 aromatic heterocycles. The van der Waals surface area contributed by atoms with E-state index in [-0.39, 0.29) is 0 Å². The van der Waals surface area contributed by atoms with Crippen LogP contribution >= 0.6 is 22.7 Å². The Labute approximate surface area is 130 Å². The third-order valence-corrected chi connectivity index (χ3v) is 5.90. The van der Waals surface area contributed by atoms with Gasteiger partial charge < -0.3 is 5.73 Å². The Kier molecular flexibility index (Phi) is 3.02. The van der Waals surface area contributed by atoms with Gasteiger partial charge >= 0.3 is 0 Å². The van der Waals surface area contributed by atoms with Crippen LogP contribution < -0.4 is 5.73 Å². The molecule has 0 aliphatic carbocycles. The van der Waals surface area contributed by atoms with Gasteiger partial charge in [-0.25, -0.2) is 0 Å². The third-order valence-electron chi connectivity index (χ3n) is 3.47. The van der Waals surface area contributed by atoms with Gasteiger partial charge in [-0.1, -0.05) is 30.3 Å². The average molecular weight is 307 g/mol. The van der Waals surface area contributed by atoms with E-state index in [0.29, 0.717) is 0 Å². The van der Waals surface area contributed by atoms with Gasteiger partial charge in [0.1, 0.15) is 0 Å². The van der Waals surface area contributed by atoms with Crippen LogP contribution in [0.25, 0.3) is 29.6 Å². The predicted octanol–water partition coefficient (Wildman–Crippen LogP) is 5.98. The van der Waals surface area contributed by atoms with Crippen LogP contribution in [0.4, 0.5) is 5.69 Å². The van der Waals surface area contributed by atoms with Gasteiger partial charge in [-0.05, 0) is 36.4 Å². The van der Waals surface area contributed by atoms with Gasteiger partial charge in [-0.15, -0.1) is 22.7 Å². The van der Waals surface area contributed by atoms with Crippen LogP contribution in [0.1, 0.15) is 0 Å². The molecule has 0 atom stereocenters. The predicted molar refractivity (Wildman–Crippen MR) is 96.8 cm³/mol. The molecule has 1 heterocycles. The lowest BCUT2D eigenvalue weighted by Gasteiger charge is -2.03. The molecule has 0 saturated carbocycles. The summed E-state index contributed by atoms with van der Waals surface area (Å²) in [5.41, 5.74) is 6.82. The number of nitrogen functional groups attached to an aromatic ring is 1. The van der Waals surface area contributed by atoms with E-state index in [9.17, 15) is 0 Å². The Morgan fingerprint density at radius 2 is 1.14 bits per heavy atom. The van der Waals surface area contributed by atoms with E-state index in [1.165, 1.54) is 29.6 Å². The van der Waals surface area contributed by atoms with Crippen molar-refractivity contribution in [2.45, 2.75) is 0 Å². The molecule has 0 amide bonds. The molecule has 0 fully saturated rings. The SMILES string of the molecule is Nc1ccc2sc3ccccc3sc3ccccc3c2c1. The first-order valence-corrected chi connectivity index (χ1v) is 8.38. The molecule has 3 aromatic carbocycles. The zero-order valence-electron chi connectivity index (χ0n) is 11.2. The average Bonchev–Trinajstić information content (AvgIpc) is 2.50. The van der Waals surface area contributed by atoms with Gasteiger partial charge in [0.25, 0.3) is 0 Å². The second kappa shape index (κ2) is 5.02. The first-order chi connectivity index (χ1) is 10.3. The van der Waals surface area contributed by atoms with Gasteiger partial charge in [-0.2, -0.15) is 0 Å². The third kappa shape index (κ3) is 2.24. The zero-order valence-corrected chi connectivity index (χ0v) is 12.9. The topological polar surface area (TPSA) is 26.0 Å². The fourth-order valence-corrected chi connectivity index (χ4v) is 4.68. The number of hydrogen-bond donors (Lipinski definition) is 1. The molecule has 0 bridgehead atoms. The van der Waals surface area contributed by atoms with Crippen LogP contribution in [0.5, 0.6) is 0 Å². The lowest BCUT2D eigenvalue weighted by Crippen LogP contribution is -1.83. The lowest BCUT2D eigenvalue weighted by molar-refractivity contribution is 1.78. The fraction of sp³-hybridized carbons (Fsp3) is 0. The van der Waals surface area contributed by atoms with Crippen molar-refractivity contribution in [3.8, 4) is 0 Å². The molecular weight excluding hydrogens is 294 g/mol. The van der Waals surface area contributed by atoms with Gasteiger partial charge in [0.15, 0.2) is 0 Å². The first-order valence-electron chi connectivity index (χ1n) is 6.75. The van der Waals surface area contributed by atoms with Gasteiger partial charge in [0, 0.05) is 35.3 Å². The van der Waals surface area contributed by atoms with Crippen molar-refractivity contribution in [2.24, 2.45) is 0 Å². The second-order valence-corrected chi connectivity index (χ2v) is 7.07. The van der Waals surface area contributed by atoms with Crippen LogP contribution in [0.3, 0.4) is 0 Å². The standard InChI is InChI=1S/C18H13NS2/c19-12-9-10-16-14(11-12)13-5-1-2-6-15(13)20-17-7-3-4-8-18(17)21-16/h1-11H,19H2. The highest BCUT2D eigenvalue weighted by Gasteiger charge is 2.02. The minimum absolute atomic E-state index is 0.808. The number of hydrogen-bond acceptors (Lipinski definition) is 3. The van der Waals surface area contributed by atoms with E-state index < -0.39 is 0 Å². The second-order valence-electron chi connectivity index (χ2n) is 4.90. The Hall–Kier alpha value is -2.10. The molecule has 102 valence electrons. The van der Waals surface area contributed by atoms with E-state index in [1.54, 1.807) is 0 Å². The molecule has 4 aromatic rings. The Balaban J connectivity index is 2.36. The van der Waals surface area contributed by atoms with Crippen molar-refractivity contribution >= 4 is 57.9 Å². The zero-order chi connectivity index (χ0) is 14.2. The summed E-state index contributed by atoms with van der Waals surface area (Å²) in [7, 11) is 0. The molecule has 0 spiro atoms. The molecule has 2 N–H and O–H groups in total. The maximum atomic E-state index is 6.01. The van der Waals surface area contributed by atoms with Crippen molar-refractivity contribution in [2.75, 3.05) is 5.73 Å². The van der Waals surface area contributed by atoms with Gasteiger partial charge in [0.2, 0.25) is 0 Å². The summed E-state index contributed by atoms with van der Waals surface area (Å²) in [5, 5.41) is 2.48. The number of nitrogens with two attached hydrogens (primary N) is 1. The van der Waals surface area contributed by atoms with Gasteiger partial charge in [0.05, 0.1) is 0 Å². The molecule has 0 aliphatic heterocycles. The van der Waals surface area contributed by atoms with Crippen molar-refractivity contribution in [1.29, 1.82) is 0 Å². The smallest absolute Gasteiger partial charge is 0.0448 e. The highest BCUT2D eigenvalue weighted by atomic mass is 32.1. The highest BCUT2D eigenvalue weighted by molar-refractivity contribution is 7.31. The number of fused-ring (bicyclic) bond motifs is 4. The summed E-state index contributed by atoms with van der Waals surface area (Å²) in [4.78, 5) is 0. The molecular formula is C18H13NS2. The Morgan fingerprint density at radius 3 is 1.86 bits per heavy atom. The molecule has 0 saturated heterocycles. The number of anilines is 1. The molecule has 21 heavy (non-hydrogen) atoms. The Morgan fingerprint density at radius 1 is 0.571 bits per heavy atom. The fourth-order valence-electron chi connectivity index (χ4n) is 2.48. The Bertz CT molecular complexity index is 1010. The molecule has 4 rings (SSSR count). The van der Waals surface area contributed by atoms with E-state index in [0.717, 1.165) is 5.69 Å². The number of rotatable bonds is 0. The van der Waals surface area contributed by atoms with E-state index in [1.807, 2.05) is 28.7 Å². The van der Waals surface area contributed by atoms with Crippen LogP contribution in [-0.4, -0.2) is 0 Å². The van der Waals surface area contributed by atoms with Crippen LogP contribution in [0.2, 0.25) is 0 Å². The maximum Gasteiger partial charge on any atom is 0.0448 e. The monoisotopic (exact) mass is 307 g/mol. The minimum atomic E-state index is 0.808. The molecule has 0 radical (unpaired) electrons. The summed E-state index contributed by atoms with van der Waals surface area (Å²) in [6.45, 7) is 0. The lowest BCUT2D eigenvalue weighted by atomic mass is 10.1. The number of benzene rings is 3. The first kappa shape index (κ1) is 12.6. The van der Waals surface area contributed by atoms with Crippen LogP contribution in [-0.2, 0) is 0 Å². The summed E-state index contributed by atoms with van der Waals surface area (Å²) >= 11 is 3.64.